The maximum atomic E-state index is 13.8. The van der Waals surface area contributed by atoms with E-state index in [1.165, 1.54) is 56.6 Å². The lowest BCUT2D eigenvalue weighted by Gasteiger charge is -2.14. The molecule has 128 valence electrons. The molecule has 24 heavy (non-hydrogen) atoms. The molecule has 9 heteroatoms. The van der Waals surface area contributed by atoms with Crippen LogP contribution < -0.4 is 5.32 Å². The molecule has 0 spiro atoms. The van der Waals surface area contributed by atoms with Crippen molar-refractivity contribution in [2.75, 3.05) is 19.5 Å². The number of nitrogens with zero attached hydrogens (tertiary/aromatic N) is 1. The van der Waals surface area contributed by atoms with Crippen LogP contribution in [-0.2, 0) is 14.9 Å². The molecule has 0 saturated carbocycles. The van der Waals surface area contributed by atoms with E-state index in [1.54, 1.807) is 0 Å². The Morgan fingerprint density at radius 3 is 2.58 bits per heavy atom. The standard InChI is InChI=1S/C15H14ClFN2O4S/c1-19(23-2)24(21,22)11-6-3-5-10(9-11)15(20)18-13-8-4-7-12(16)14(13)17/h3-9H,1-2H3,(H,18,20). The second kappa shape index (κ2) is 7.27. The number of halogens is 2. The number of anilines is 1. The summed E-state index contributed by atoms with van der Waals surface area (Å²) in [7, 11) is -1.47. The Morgan fingerprint density at radius 1 is 1.25 bits per heavy atom. The van der Waals surface area contributed by atoms with Crippen LogP contribution in [0, 0.1) is 5.82 Å². The van der Waals surface area contributed by atoms with E-state index in [2.05, 4.69) is 10.2 Å². The minimum atomic E-state index is -3.90. The maximum Gasteiger partial charge on any atom is 0.264 e. The van der Waals surface area contributed by atoms with Crippen molar-refractivity contribution >= 4 is 33.2 Å². The number of rotatable bonds is 5. The third kappa shape index (κ3) is 3.73. The maximum absolute atomic E-state index is 13.8. The first-order chi connectivity index (χ1) is 11.3. The van der Waals surface area contributed by atoms with Crippen LogP contribution in [-0.4, -0.2) is 33.0 Å². The zero-order valence-corrected chi connectivity index (χ0v) is 14.4. The summed E-state index contributed by atoms with van der Waals surface area (Å²) in [6.07, 6.45) is 0. The summed E-state index contributed by atoms with van der Waals surface area (Å²) in [6, 6.07) is 9.47. The fraction of sp³-hybridized carbons (Fsp3) is 0.133. The minimum absolute atomic E-state index is 0.0416. The average molecular weight is 373 g/mol. The number of carbonyl (C=O) groups is 1. The van der Waals surface area contributed by atoms with Crippen molar-refractivity contribution in [3.63, 3.8) is 0 Å². The first-order valence-electron chi connectivity index (χ1n) is 6.66. The molecule has 1 N–H and O–H groups in total. The number of hydrogen-bond acceptors (Lipinski definition) is 4. The van der Waals surface area contributed by atoms with Gasteiger partial charge in [-0.2, -0.15) is 0 Å². The number of nitrogens with one attached hydrogen (secondary N) is 1. The fourth-order valence-corrected chi connectivity index (χ4v) is 3.03. The highest BCUT2D eigenvalue weighted by Crippen LogP contribution is 2.23. The van der Waals surface area contributed by atoms with Gasteiger partial charge in [-0.25, -0.2) is 12.8 Å². The zero-order chi connectivity index (χ0) is 17.9. The monoisotopic (exact) mass is 372 g/mol. The molecule has 6 nitrogen and oxygen atoms in total. The fourth-order valence-electron chi connectivity index (χ4n) is 1.84. The molecule has 0 fully saturated rings. The predicted octanol–water partition coefficient (Wildman–Crippen LogP) is 2.91. The molecule has 0 aromatic heterocycles. The van der Waals surface area contributed by atoms with E-state index in [0.717, 1.165) is 0 Å². The van der Waals surface area contributed by atoms with Gasteiger partial charge in [0.1, 0.15) is 0 Å². The van der Waals surface area contributed by atoms with Crippen LogP contribution in [0.15, 0.2) is 47.4 Å². The van der Waals surface area contributed by atoms with Crippen molar-refractivity contribution in [1.29, 1.82) is 0 Å². The summed E-state index contributed by atoms with van der Waals surface area (Å²) in [5, 5.41) is 2.22. The molecule has 2 aromatic carbocycles. The first kappa shape index (κ1) is 18.3. The van der Waals surface area contributed by atoms with Crippen LogP contribution in [0.1, 0.15) is 10.4 Å². The quantitative estimate of drug-likeness (QED) is 0.819. The summed E-state index contributed by atoms with van der Waals surface area (Å²) in [5.74, 6) is -1.44. The van der Waals surface area contributed by atoms with E-state index in [0.29, 0.717) is 4.47 Å². The lowest BCUT2D eigenvalue weighted by molar-refractivity contribution is -0.0258. The molecule has 2 rings (SSSR count). The van der Waals surface area contributed by atoms with Crippen LogP contribution >= 0.6 is 11.6 Å². The van der Waals surface area contributed by atoms with E-state index in [4.69, 9.17) is 11.6 Å². The Kier molecular flexibility index (Phi) is 5.55. The van der Waals surface area contributed by atoms with E-state index < -0.39 is 21.7 Å². The molecule has 0 heterocycles. The van der Waals surface area contributed by atoms with E-state index in [9.17, 15) is 17.6 Å². The van der Waals surface area contributed by atoms with Crippen molar-refractivity contribution in [2.45, 2.75) is 4.90 Å². The molecule has 0 aliphatic heterocycles. The molecule has 1 amide bonds. The number of amides is 1. The highest BCUT2D eigenvalue weighted by molar-refractivity contribution is 7.89. The zero-order valence-electron chi connectivity index (χ0n) is 12.8. The molecule has 0 aliphatic rings. The van der Waals surface area contributed by atoms with Crippen LogP contribution in [0.25, 0.3) is 0 Å². The summed E-state index contributed by atoms with van der Waals surface area (Å²) >= 11 is 5.65. The highest BCUT2D eigenvalue weighted by Gasteiger charge is 2.22. The molecular formula is C15H14ClFN2O4S. The largest absolute Gasteiger partial charge is 0.319 e. The molecule has 0 unspecified atom stereocenters. The summed E-state index contributed by atoms with van der Waals surface area (Å²) in [5.41, 5.74) is -0.0604. The van der Waals surface area contributed by atoms with E-state index >= 15 is 0 Å². The molecule has 0 radical (unpaired) electrons. The van der Waals surface area contributed by atoms with Gasteiger partial charge in [-0.15, -0.1) is 0 Å². The lowest BCUT2D eigenvalue weighted by Crippen LogP contribution is -2.26. The second-order valence-electron chi connectivity index (χ2n) is 4.68. The summed E-state index contributed by atoms with van der Waals surface area (Å²) in [6.45, 7) is 0. The smallest absolute Gasteiger partial charge is 0.264 e. The van der Waals surface area contributed by atoms with E-state index in [-0.39, 0.29) is 21.2 Å². The normalized spacial score (nSPS) is 11.5. The van der Waals surface area contributed by atoms with Gasteiger partial charge in [0.15, 0.2) is 5.82 Å². The van der Waals surface area contributed by atoms with Gasteiger partial charge in [-0.3, -0.25) is 9.63 Å². The number of hydroxylamine groups is 1. The van der Waals surface area contributed by atoms with Crippen LogP contribution in [0.5, 0.6) is 0 Å². The van der Waals surface area contributed by atoms with Crippen molar-refractivity contribution < 1.29 is 22.4 Å². The summed E-state index contributed by atoms with van der Waals surface area (Å²) < 4.78 is 38.9. The first-order valence-corrected chi connectivity index (χ1v) is 8.47. The van der Waals surface area contributed by atoms with Gasteiger partial charge in [0.25, 0.3) is 15.9 Å². The van der Waals surface area contributed by atoms with Gasteiger partial charge in [0.05, 0.1) is 22.7 Å². The van der Waals surface area contributed by atoms with E-state index in [1.807, 2.05) is 0 Å². The highest BCUT2D eigenvalue weighted by atomic mass is 35.5. The van der Waals surface area contributed by atoms with Crippen molar-refractivity contribution in [3.05, 3.63) is 58.9 Å². The molecule has 0 saturated heterocycles. The lowest BCUT2D eigenvalue weighted by atomic mass is 10.2. The predicted molar refractivity (Wildman–Crippen MR) is 87.8 cm³/mol. The number of carbonyl (C=O) groups excluding carboxylic acids is 1. The third-order valence-electron chi connectivity index (χ3n) is 3.19. The van der Waals surface area contributed by atoms with Gasteiger partial charge < -0.3 is 5.32 Å². The number of benzene rings is 2. The van der Waals surface area contributed by atoms with Gasteiger partial charge >= 0.3 is 0 Å². The third-order valence-corrected chi connectivity index (χ3v) is 5.16. The molecule has 0 atom stereocenters. The Morgan fingerprint density at radius 2 is 1.92 bits per heavy atom. The Bertz CT molecular complexity index is 874. The van der Waals surface area contributed by atoms with Gasteiger partial charge in [0, 0.05) is 12.6 Å². The summed E-state index contributed by atoms with van der Waals surface area (Å²) in [4.78, 5) is 16.8. The van der Waals surface area contributed by atoms with Crippen LogP contribution in [0.3, 0.4) is 0 Å². The number of sulfonamides is 1. The minimum Gasteiger partial charge on any atom is -0.319 e. The van der Waals surface area contributed by atoms with Crippen LogP contribution in [0.4, 0.5) is 10.1 Å². The topological polar surface area (TPSA) is 75.7 Å². The Balaban J connectivity index is 2.32. The SMILES string of the molecule is CON(C)S(=O)(=O)c1cccc(C(=O)Nc2cccc(Cl)c2F)c1. The molecule has 0 bridgehead atoms. The molecule has 0 aliphatic carbocycles. The van der Waals surface area contributed by atoms with Gasteiger partial charge in [0.2, 0.25) is 0 Å². The molecular weight excluding hydrogens is 359 g/mol. The Labute approximate surface area is 143 Å². The average Bonchev–Trinajstić information content (AvgIpc) is 2.58. The Hall–Kier alpha value is -2.00. The van der Waals surface area contributed by atoms with Crippen molar-refractivity contribution in [1.82, 2.24) is 4.47 Å². The van der Waals surface area contributed by atoms with Gasteiger partial charge in [-0.05, 0) is 30.3 Å². The van der Waals surface area contributed by atoms with Gasteiger partial charge in [-0.1, -0.05) is 28.2 Å². The van der Waals surface area contributed by atoms with Crippen molar-refractivity contribution in [2.24, 2.45) is 0 Å². The van der Waals surface area contributed by atoms with Crippen molar-refractivity contribution in [3.8, 4) is 0 Å². The molecule has 2 aromatic rings. The second-order valence-corrected chi connectivity index (χ2v) is 7.02. The van der Waals surface area contributed by atoms with Crippen LogP contribution in [0.2, 0.25) is 5.02 Å². The number of hydrogen-bond donors (Lipinski definition) is 1.